The fraction of sp³-hybridized carbons (Fsp3) is 0.500. The van der Waals surface area contributed by atoms with Crippen LogP contribution in [0.4, 0.5) is 27.6 Å². The van der Waals surface area contributed by atoms with E-state index in [0.717, 1.165) is 12.1 Å². The molecule has 2 unspecified atom stereocenters. The fourth-order valence-electron chi connectivity index (χ4n) is 2.60. The zero-order valence-electron chi connectivity index (χ0n) is 11.0. The smallest absolute Gasteiger partial charge is 0.378 e. The van der Waals surface area contributed by atoms with E-state index in [0.29, 0.717) is 12.8 Å². The standard InChI is InChI=1S/C14H13F5N2/c15-11-4-8(7-20)5-12(16)13(11)21-10-3-1-2-9(6-10)14(17,18)19/h4-5,9-10,21H,1-3,6H2. The van der Waals surface area contributed by atoms with E-state index in [1.807, 2.05) is 0 Å². The van der Waals surface area contributed by atoms with Crippen molar-refractivity contribution >= 4 is 5.69 Å². The van der Waals surface area contributed by atoms with Gasteiger partial charge in [0.1, 0.15) is 5.69 Å². The predicted molar refractivity (Wildman–Crippen MR) is 66.5 cm³/mol. The lowest BCUT2D eigenvalue weighted by molar-refractivity contribution is -0.182. The van der Waals surface area contributed by atoms with Crippen LogP contribution < -0.4 is 5.32 Å². The van der Waals surface area contributed by atoms with Gasteiger partial charge in [-0.15, -0.1) is 0 Å². The number of hydrogen-bond acceptors (Lipinski definition) is 2. The summed E-state index contributed by atoms with van der Waals surface area (Å²) in [6.07, 6.45) is -3.68. The summed E-state index contributed by atoms with van der Waals surface area (Å²) in [6, 6.07) is 2.69. The Kier molecular flexibility index (Phi) is 4.35. The molecule has 7 heteroatoms. The van der Waals surface area contributed by atoms with Gasteiger partial charge in [0.25, 0.3) is 0 Å². The van der Waals surface area contributed by atoms with E-state index < -0.39 is 35.5 Å². The van der Waals surface area contributed by atoms with E-state index in [2.05, 4.69) is 5.32 Å². The fourth-order valence-corrected chi connectivity index (χ4v) is 2.60. The monoisotopic (exact) mass is 304 g/mol. The zero-order valence-corrected chi connectivity index (χ0v) is 11.0. The molecule has 1 aromatic carbocycles. The summed E-state index contributed by atoms with van der Waals surface area (Å²) >= 11 is 0. The van der Waals surface area contributed by atoms with E-state index in [1.54, 1.807) is 6.07 Å². The average Bonchev–Trinajstić information content (AvgIpc) is 2.42. The average molecular weight is 304 g/mol. The number of benzene rings is 1. The van der Waals surface area contributed by atoms with E-state index in [4.69, 9.17) is 5.26 Å². The highest BCUT2D eigenvalue weighted by Crippen LogP contribution is 2.38. The number of hydrogen-bond donors (Lipinski definition) is 1. The minimum atomic E-state index is -4.29. The van der Waals surface area contributed by atoms with Crippen LogP contribution in [0.15, 0.2) is 12.1 Å². The molecule has 114 valence electrons. The molecule has 0 heterocycles. The zero-order chi connectivity index (χ0) is 15.6. The summed E-state index contributed by atoms with van der Waals surface area (Å²) in [5.41, 5.74) is -0.644. The summed E-state index contributed by atoms with van der Waals surface area (Å²) in [5, 5.41) is 11.1. The van der Waals surface area contributed by atoms with Crippen LogP contribution >= 0.6 is 0 Å². The molecule has 21 heavy (non-hydrogen) atoms. The van der Waals surface area contributed by atoms with Crippen molar-refractivity contribution < 1.29 is 22.0 Å². The molecule has 2 rings (SSSR count). The van der Waals surface area contributed by atoms with Crippen LogP contribution in [0.2, 0.25) is 0 Å². The van der Waals surface area contributed by atoms with Gasteiger partial charge in [-0.25, -0.2) is 8.78 Å². The van der Waals surface area contributed by atoms with Gasteiger partial charge in [-0.3, -0.25) is 0 Å². The van der Waals surface area contributed by atoms with Gasteiger partial charge in [-0.2, -0.15) is 18.4 Å². The number of alkyl halides is 3. The summed E-state index contributed by atoms with van der Waals surface area (Å²) in [6.45, 7) is 0. The van der Waals surface area contributed by atoms with Crippen LogP contribution in [0.3, 0.4) is 0 Å². The molecule has 0 aliphatic heterocycles. The predicted octanol–water partition coefficient (Wildman–Crippen LogP) is 4.37. The molecule has 1 aliphatic rings. The third-order valence-electron chi connectivity index (χ3n) is 3.66. The van der Waals surface area contributed by atoms with Gasteiger partial charge in [0, 0.05) is 6.04 Å². The number of nitriles is 1. The van der Waals surface area contributed by atoms with E-state index in [-0.39, 0.29) is 18.4 Å². The summed E-state index contributed by atoms with van der Waals surface area (Å²) < 4.78 is 65.5. The first-order valence-electron chi connectivity index (χ1n) is 6.53. The van der Waals surface area contributed by atoms with Gasteiger partial charge in [-0.1, -0.05) is 6.42 Å². The van der Waals surface area contributed by atoms with Crippen molar-refractivity contribution in [2.45, 2.75) is 37.9 Å². The third kappa shape index (κ3) is 3.63. The van der Waals surface area contributed by atoms with Gasteiger partial charge >= 0.3 is 6.18 Å². The highest BCUT2D eigenvalue weighted by atomic mass is 19.4. The van der Waals surface area contributed by atoms with E-state index in [1.165, 1.54) is 0 Å². The van der Waals surface area contributed by atoms with Crippen molar-refractivity contribution in [1.82, 2.24) is 0 Å². The van der Waals surface area contributed by atoms with Crippen molar-refractivity contribution in [3.63, 3.8) is 0 Å². The molecule has 1 aliphatic carbocycles. The lowest BCUT2D eigenvalue weighted by Gasteiger charge is -2.31. The topological polar surface area (TPSA) is 35.8 Å². The van der Waals surface area contributed by atoms with Crippen molar-refractivity contribution in [2.24, 2.45) is 5.92 Å². The third-order valence-corrected chi connectivity index (χ3v) is 3.66. The van der Waals surface area contributed by atoms with Crippen LogP contribution in [-0.2, 0) is 0 Å². The quantitative estimate of drug-likeness (QED) is 0.824. The summed E-state index contributed by atoms with van der Waals surface area (Å²) in [5.74, 6) is -3.39. The van der Waals surface area contributed by atoms with Gasteiger partial charge < -0.3 is 5.32 Å². The molecule has 0 saturated heterocycles. The van der Waals surface area contributed by atoms with E-state index >= 15 is 0 Å². The van der Waals surface area contributed by atoms with Crippen LogP contribution in [-0.4, -0.2) is 12.2 Å². The maximum absolute atomic E-state index is 13.7. The molecular formula is C14H13F5N2. The molecule has 0 aromatic heterocycles. The maximum atomic E-state index is 13.7. The second kappa shape index (κ2) is 5.88. The first-order chi connectivity index (χ1) is 9.81. The van der Waals surface area contributed by atoms with Gasteiger partial charge in [0.15, 0.2) is 11.6 Å². The second-order valence-corrected chi connectivity index (χ2v) is 5.17. The SMILES string of the molecule is N#Cc1cc(F)c(NC2CCCC(C(F)(F)F)C2)c(F)c1. The molecule has 0 amide bonds. The molecule has 1 N–H and O–H groups in total. The van der Waals surface area contributed by atoms with Crippen molar-refractivity contribution in [3.05, 3.63) is 29.3 Å². The van der Waals surface area contributed by atoms with Crippen molar-refractivity contribution in [2.75, 3.05) is 5.32 Å². The van der Waals surface area contributed by atoms with Crippen molar-refractivity contribution in [1.29, 1.82) is 5.26 Å². The largest absolute Gasteiger partial charge is 0.391 e. The molecule has 1 saturated carbocycles. The Hall–Kier alpha value is -1.84. The lowest BCUT2D eigenvalue weighted by atomic mass is 9.85. The Morgan fingerprint density at radius 3 is 2.29 bits per heavy atom. The molecule has 1 fully saturated rings. The number of rotatable bonds is 2. The Morgan fingerprint density at radius 1 is 1.14 bits per heavy atom. The van der Waals surface area contributed by atoms with Crippen LogP contribution in [0.5, 0.6) is 0 Å². The Balaban J connectivity index is 2.14. The minimum absolute atomic E-state index is 0.0417. The minimum Gasteiger partial charge on any atom is -0.378 e. The molecule has 0 radical (unpaired) electrons. The molecule has 0 bridgehead atoms. The van der Waals surface area contributed by atoms with Gasteiger partial charge in [0.2, 0.25) is 0 Å². The van der Waals surface area contributed by atoms with Crippen molar-refractivity contribution in [3.8, 4) is 6.07 Å². The highest BCUT2D eigenvalue weighted by Gasteiger charge is 2.42. The summed E-state index contributed by atoms with van der Waals surface area (Å²) in [7, 11) is 0. The first kappa shape index (κ1) is 15.5. The number of nitrogens with one attached hydrogen (secondary N) is 1. The Morgan fingerprint density at radius 2 is 1.76 bits per heavy atom. The highest BCUT2D eigenvalue weighted by molar-refractivity contribution is 5.51. The van der Waals surface area contributed by atoms with E-state index in [9.17, 15) is 22.0 Å². The molecule has 1 aromatic rings. The molecule has 0 spiro atoms. The first-order valence-corrected chi connectivity index (χ1v) is 6.53. The van der Waals surface area contributed by atoms with Crippen LogP contribution in [0.25, 0.3) is 0 Å². The van der Waals surface area contributed by atoms with Crippen LogP contribution in [0.1, 0.15) is 31.2 Å². The number of halogens is 5. The second-order valence-electron chi connectivity index (χ2n) is 5.17. The summed E-state index contributed by atoms with van der Waals surface area (Å²) in [4.78, 5) is 0. The molecule has 2 nitrogen and oxygen atoms in total. The van der Waals surface area contributed by atoms with Gasteiger partial charge in [0.05, 0.1) is 17.6 Å². The molecule has 2 atom stereocenters. The Bertz CT molecular complexity index is 538. The lowest BCUT2D eigenvalue weighted by Crippen LogP contribution is -2.35. The maximum Gasteiger partial charge on any atom is 0.391 e. The number of anilines is 1. The van der Waals surface area contributed by atoms with Gasteiger partial charge in [-0.05, 0) is 31.4 Å². The van der Waals surface area contributed by atoms with Crippen LogP contribution in [0, 0.1) is 28.9 Å². The number of nitrogens with zero attached hydrogens (tertiary/aromatic N) is 1. The Labute approximate surface area is 118 Å². The normalized spacial score (nSPS) is 22.7. The molecular weight excluding hydrogens is 291 g/mol.